The summed E-state index contributed by atoms with van der Waals surface area (Å²) in [6.07, 6.45) is 0.946. The van der Waals surface area contributed by atoms with Crippen LogP contribution in [0.3, 0.4) is 0 Å². The largest absolute Gasteiger partial charge is 0.392 e. The van der Waals surface area contributed by atoms with Gasteiger partial charge in [-0.1, -0.05) is 11.6 Å². The molecule has 0 aromatic carbocycles. The molecule has 1 aromatic heterocycles. The van der Waals surface area contributed by atoms with Crippen LogP contribution in [0.15, 0.2) is 11.0 Å². The van der Waals surface area contributed by atoms with Crippen LogP contribution in [0.2, 0.25) is 5.02 Å². The van der Waals surface area contributed by atoms with Gasteiger partial charge in [0.2, 0.25) is 0 Å². The fourth-order valence-corrected chi connectivity index (χ4v) is 1.13. The third-order valence-corrected chi connectivity index (χ3v) is 2.03. The molecule has 0 amide bonds. The molecule has 0 saturated heterocycles. The highest BCUT2D eigenvalue weighted by molar-refractivity contribution is 6.32. The van der Waals surface area contributed by atoms with Crippen LogP contribution in [0.5, 0.6) is 0 Å². The van der Waals surface area contributed by atoms with E-state index in [4.69, 9.17) is 16.7 Å². The number of aryl methyl sites for hydroxylation is 1. The van der Waals surface area contributed by atoms with Crippen LogP contribution >= 0.6 is 11.6 Å². The van der Waals surface area contributed by atoms with Crippen molar-refractivity contribution in [3.63, 3.8) is 0 Å². The Morgan fingerprint density at radius 3 is 3.00 bits per heavy atom. The standard InChI is InChI=1S/C8H12ClN3O2/c1-5(13)3-10-6-4-11-12(2)8(14)7(6)9/h4-5,10,13H,3H2,1-2H3/t5-/m1/s1. The van der Waals surface area contributed by atoms with Crippen LogP contribution in [0.25, 0.3) is 0 Å². The molecular formula is C8H12ClN3O2. The molecule has 0 saturated carbocycles. The van der Waals surface area contributed by atoms with E-state index in [0.717, 1.165) is 4.68 Å². The van der Waals surface area contributed by atoms with E-state index >= 15 is 0 Å². The lowest BCUT2D eigenvalue weighted by Crippen LogP contribution is -2.23. The Labute approximate surface area is 86.3 Å². The summed E-state index contributed by atoms with van der Waals surface area (Å²) in [5, 5.41) is 15.7. The molecule has 0 fully saturated rings. The van der Waals surface area contributed by atoms with Gasteiger partial charge in [0, 0.05) is 13.6 Å². The molecule has 1 heterocycles. The van der Waals surface area contributed by atoms with E-state index in [1.165, 1.54) is 13.2 Å². The number of rotatable bonds is 3. The second-order valence-corrected chi connectivity index (χ2v) is 3.41. The van der Waals surface area contributed by atoms with E-state index in [-0.39, 0.29) is 10.6 Å². The zero-order valence-corrected chi connectivity index (χ0v) is 8.75. The zero-order chi connectivity index (χ0) is 10.7. The van der Waals surface area contributed by atoms with Gasteiger partial charge in [-0.3, -0.25) is 4.79 Å². The van der Waals surface area contributed by atoms with Crippen molar-refractivity contribution in [3.05, 3.63) is 21.6 Å². The summed E-state index contributed by atoms with van der Waals surface area (Å²) in [5.41, 5.74) is 0.0814. The predicted octanol–water partition coefficient (Wildman–Crippen LogP) is 0.226. The lowest BCUT2D eigenvalue weighted by molar-refractivity contribution is 0.208. The van der Waals surface area contributed by atoms with E-state index < -0.39 is 6.10 Å². The number of nitrogens with one attached hydrogen (secondary N) is 1. The number of hydrogen-bond acceptors (Lipinski definition) is 4. The highest BCUT2D eigenvalue weighted by Crippen LogP contribution is 2.14. The summed E-state index contributed by atoms with van der Waals surface area (Å²) in [6, 6.07) is 0. The smallest absolute Gasteiger partial charge is 0.287 e. The normalized spacial score (nSPS) is 12.6. The first kappa shape index (κ1) is 11.0. The number of halogens is 1. The summed E-state index contributed by atoms with van der Waals surface area (Å²) in [7, 11) is 1.52. The molecule has 5 nitrogen and oxygen atoms in total. The van der Waals surface area contributed by atoms with Crippen LogP contribution < -0.4 is 10.9 Å². The molecule has 0 aliphatic carbocycles. The quantitative estimate of drug-likeness (QED) is 0.761. The second kappa shape index (κ2) is 4.43. The van der Waals surface area contributed by atoms with Gasteiger partial charge in [-0.2, -0.15) is 5.10 Å². The molecule has 6 heteroatoms. The molecule has 0 radical (unpaired) electrons. The van der Waals surface area contributed by atoms with Crippen LogP contribution in [-0.2, 0) is 7.05 Å². The summed E-state index contributed by atoms with van der Waals surface area (Å²) in [5.74, 6) is 0. The minimum Gasteiger partial charge on any atom is -0.392 e. The molecule has 0 spiro atoms. The van der Waals surface area contributed by atoms with Gasteiger partial charge < -0.3 is 10.4 Å². The fraction of sp³-hybridized carbons (Fsp3) is 0.500. The Morgan fingerprint density at radius 2 is 2.43 bits per heavy atom. The zero-order valence-electron chi connectivity index (χ0n) is 7.99. The molecule has 0 aliphatic heterocycles. The van der Waals surface area contributed by atoms with Crippen LogP contribution in [0.1, 0.15) is 6.92 Å². The SMILES string of the molecule is C[C@@H](O)CNc1cnn(C)c(=O)c1Cl. The maximum absolute atomic E-state index is 11.3. The van der Waals surface area contributed by atoms with Gasteiger partial charge in [0.25, 0.3) is 5.56 Å². The number of aromatic nitrogens is 2. The number of hydrogen-bond donors (Lipinski definition) is 2. The maximum Gasteiger partial charge on any atom is 0.287 e. The van der Waals surface area contributed by atoms with Gasteiger partial charge in [0.05, 0.1) is 18.0 Å². The first-order chi connectivity index (χ1) is 6.52. The number of aliphatic hydroxyl groups excluding tert-OH is 1. The fourth-order valence-electron chi connectivity index (χ4n) is 0.892. The van der Waals surface area contributed by atoms with E-state index in [9.17, 15) is 4.79 Å². The van der Waals surface area contributed by atoms with Gasteiger partial charge in [0.15, 0.2) is 0 Å². The molecule has 0 aliphatic rings. The van der Waals surface area contributed by atoms with Crippen molar-refractivity contribution in [2.45, 2.75) is 13.0 Å². The predicted molar refractivity (Wildman–Crippen MR) is 54.7 cm³/mol. The highest BCUT2D eigenvalue weighted by Gasteiger charge is 2.07. The van der Waals surface area contributed by atoms with E-state index in [0.29, 0.717) is 12.2 Å². The number of anilines is 1. The molecule has 0 bridgehead atoms. The van der Waals surface area contributed by atoms with Crippen molar-refractivity contribution in [1.29, 1.82) is 0 Å². The third-order valence-electron chi connectivity index (χ3n) is 1.67. The first-order valence-electron chi connectivity index (χ1n) is 4.16. The monoisotopic (exact) mass is 217 g/mol. The minimum absolute atomic E-state index is 0.0863. The molecule has 0 unspecified atom stereocenters. The average Bonchev–Trinajstić information content (AvgIpc) is 2.13. The van der Waals surface area contributed by atoms with E-state index in [1.807, 2.05) is 0 Å². The Morgan fingerprint density at radius 1 is 1.79 bits per heavy atom. The summed E-state index contributed by atoms with van der Waals surface area (Å²) in [6.45, 7) is 1.96. The Balaban J connectivity index is 2.89. The molecule has 14 heavy (non-hydrogen) atoms. The molecule has 2 N–H and O–H groups in total. The Kier molecular flexibility index (Phi) is 3.49. The number of aliphatic hydroxyl groups is 1. The Hall–Kier alpha value is -1.07. The lowest BCUT2D eigenvalue weighted by Gasteiger charge is -2.09. The van der Waals surface area contributed by atoms with Crippen molar-refractivity contribution in [2.75, 3.05) is 11.9 Å². The van der Waals surface area contributed by atoms with Crippen molar-refractivity contribution in [1.82, 2.24) is 9.78 Å². The van der Waals surface area contributed by atoms with Crippen molar-refractivity contribution >= 4 is 17.3 Å². The summed E-state index contributed by atoms with van der Waals surface area (Å²) in [4.78, 5) is 11.3. The van der Waals surface area contributed by atoms with Gasteiger partial charge in [0.1, 0.15) is 5.02 Å². The van der Waals surface area contributed by atoms with Crippen molar-refractivity contribution in [2.24, 2.45) is 7.05 Å². The lowest BCUT2D eigenvalue weighted by atomic mass is 10.4. The van der Waals surface area contributed by atoms with Crippen LogP contribution in [0, 0.1) is 0 Å². The molecule has 1 atom stereocenters. The number of nitrogens with zero attached hydrogens (tertiary/aromatic N) is 2. The molecule has 78 valence electrons. The van der Waals surface area contributed by atoms with Crippen molar-refractivity contribution in [3.8, 4) is 0 Å². The minimum atomic E-state index is -0.505. The van der Waals surface area contributed by atoms with Gasteiger partial charge >= 0.3 is 0 Å². The van der Waals surface area contributed by atoms with Crippen molar-refractivity contribution < 1.29 is 5.11 Å². The Bertz CT molecular complexity index is 375. The summed E-state index contributed by atoms with van der Waals surface area (Å²) < 4.78 is 1.15. The molecule has 1 rings (SSSR count). The van der Waals surface area contributed by atoms with E-state index in [2.05, 4.69) is 10.4 Å². The van der Waals surface area contributed by atoms with Gasteiger partial charge in [-0.05, 0) is 6.92 Å². The first-order valence-corrected chi connectivity index (χ1v) is 4.54. The third kappa shape index (κ3) is 2.46. The second-order valence-electron chi connectivity index (χ2n) is 3.03. The topological polar surface area (TPSA) is 67.2 Å². The molecular weight excluding hydrogens is 206 g/mol. The van der Waals surface area contributed by atoms with Crippen LogP contribution in [-0.4, -0.2) is 27.5 Å². The van der Waals surface area contributed by atoms with Gasteiger partial charge in [-0.25, -0.2) is 4.68 Å². The average molecular weight is 218 g/mol. The van der Waals surface area contributed by atoms with E-state index in [1.54, 1.807) is 6.92 Å². The van der Waals surface area contributed by atoms with Gasteiger partial charge in [-0.15, -0.1) is 0 Å². The molecule has 1 aromatic rings. The highest BCUT2D eigenvalue weighted by atomic mass is 35.5. The maximum atomic E-state index is 11.3. The van der Waals surface area contributed by atoms with Crippen LogP contribution in [0.4, 0.5) is 5.69 Å². The summed E-state index contributed by atoms with van der Waals surface area (Å²) >= 11 is 5.76.